The summed E-state index contributed by atoms with van der Waals surface area (Å²) in [7, 11) is 0. The maximum Gasteiger partial charge on any atom is 0.303 e. The van der Waals surface area contributed by atoms with Gasteiger partial charge in [-0.1, -0.05) is 30.3 Å². The van der Waals surface area contributed by atoms with Gasteiger partial charge in [0.25, 0.3) is 0 Å². The quantitative estimate of drug-likeness (QED) is 0.774. The van der Waals surface area contributed by atoms with Gasteiger partial charge in [-0.25, -0.2) is 0 Å². The molecule has 2 heterocycles. The van der Waals surface area contributed by atoms with Crippen molar-refractivity contribution in [1.82, 2.24) is 0 Å². The fourth-order valence-electron chi connectivity index (χ4n) is 2.72. The number of hydrogen-bond donors (Lipinski definition) is 0. The Morgan fingerprint density at radius 1 is 1.35 bits per heavy atom. The summed E-state index contributed by atoms with van der Waals surface area (Å²) in [6, 6.07) is 9.77. The topological polar surface area (TPSA) is 61.8 Å². The summed E-state index contributed by atoms with van der Waals surface area (Å²) in [5, 5.41) is 0. The van der Waals surface area contributed by atoms with Crippen LogP contribution in [0.25, 0.3) is 0 Å². The Morgan fingerprint density at radius 2 is 2.10 bits per heavy atom. The molecular weight excluding hydrogens is 260 g/mol. The molecule has 5 heteroatoms. The monoisotopic (exact) mass is 276 g/mol. The highest BCUT2D eigenvalue weighted by Gasteiger charge is 2.56. The fourth-order valence-corrected chi connectivity index (χ4v) is 2.72. The zero-order chi connectivity index (χ0) is 14.1. The fraction of sp³-hybridized carbons (Fsp3) is 0.467. The van der Waals surface area contributed by atoms with Crippen molar-refractivity contribution in [2.24, 2.45) is 0 Å². The Kier molecular flexibility index (Phi) is 3.54. The van der Waals surface area contributed by atoms with Crippen LogP contribution in [0.3, 0.4) is 0 Å². The molecule has 0 aliphatic carbocycles. The van der Waals surface area contributed by atoms with Crippen LogP contribution in [0.5, 0.6) is 0 Å². The van der Waals surface area contributed by atoms with Crippen LogP contribution in [-0.2, 0) is 30.4 Å². The van der Waals surface area contributed by atoms with Crippen molar-refractivity contribution in [3.05, 3.63) is 35.9 Å². The van der Waals surface area contributed by atoms with Crippen molar-refractivity contribution in [1.29, 1.82) is 0 Å². The molecule has 2 aliphatic rings. The Morgan fingerprint density at radius 3 is 2.75 bits per heavy atom. The molecule has 2 saturated heterocycles. The molecule has 0 N–H and O–H groups in total. The lowest BCUT2D eigenvalue weighted by molar-refractivity contribution is -0.155. The Balaban J connectivity index is 1.58. The van der Waals surface area contributed by atoms with Crippen molar-refractivity contribution in [3.63, 3.8) is 0 Å². The van der Waals surface area contributed by atoms with E-state index in [-0.39, 0.29) is 18.0 Å². The molecular formula is C15H16O5. The smallest absolute Gasteiger partial charge is 0.303 e. The van der Waals surface area contributed by atoms with Gasteiger partial charge in [0.15, 0.2) is 6.10 Å². The third kappa shape index (κ3) is 2.46. The first-order chi connectivity index (χ1) is 9.65. The Hall–Kier alpha value is -1.72. The van der Waals surface area contributed by atoms with E-state index < -0.39 is 18.2 Å². The van der Waals surface area contributed by atoms with Crippen LogP contribution in [0.4, 0.5) is 0 Å². The van der Waals surface area contributed by atoms with E-state index in [1.807, 2.05) is 30.3 Å². The standard InChI is InChI=1S/C15H16O5/c1-9(16)19-15-12-7-11(14(20-12)13(15)17)18-8-10-5-3-2-4-6-10/h2-6,11-12,14-15H,7-8H2,1H3/t11-,12-,14+,15-/m0/s1. The van der Waals surface area contributed by atoms with Gasteiger partial charge in [0, 0.05) is 13.3 Å². The van der Waals surface area contributed by atoms with Gasteiger partial charge < -0.3 is 14.2 Å². The number of benzene rings is 1. The van der Waals surface area contributed by atoms with Crippen LogP contribution in [-0.4, -0.2) is 36.2 Å². The largest absolute Gasteiger partial charge is 0.452 e. The Labute approximate surface area is 116 Å². The van der Waals surface area contributed by atoms with E-state index >= 15 is 0 Å². The van der Waals surface area contributed by atoms with E-state index in [1.165, 1.54) is 6.92 Å². The highest BCUT2D eigenvalue weighted by Crippen LogP contribution is 2.36. The minimum atomic E-state index is -0.755. The number of hydrogen-bond acceptors (Lipinski definition) is 5. The molecule has 2 bridgehead atoms. The van der Waals surface area contributed by atoms with Crippen molar-refractivity contribution >= 4 is 11.8 Å². The second kappa shape index (κ2) is 5.34. The van der Waals surface area contributed by atoms with E-state index in [0.29, 0.717) is 13.0 Å². The van der Waals surface area contributed by atoms with Crippen LogP contribution >= 0.6 is 0 Å². The number of Topliss-reactive ketones (excluding diaryl/α,β-unsaturated/α-hetero) is 1. The summed E-state index contributed by atoms with van der Waals surface area (Å²) < 4.78 is 16.3. The summed E-state index contributed by atoms with van der Waals surface area (Å²) in [6.07, 6.45) is -1.39. The molecule has 0 amide bonds. The van der Waals surface area contributed by atoms with E-state index in [9.17, 15) is 9.59 Å². The molecule has 5 nitrogen and oxygen atoms in total. The van der Waals surface area contributed by atoms with Crippen LogP contribution < -0.4 is 0 Å². The highest BCUT2D eigenvalue weighted by atomic mass is 16.6. The minimum absolute atomic E-state index is 0.186. The van der Waals surface area contributed by atoms with Gasteiger partial charge in [-0.2, -0.15) is 0 Å². The number of ether oxygens (including phenoxy) is 3. The molecule has 106 valence electrons. The number of carbonyl (C=O) groups is 2. The predicted molar refractivity (Wildman–Crippen MR) is 68.9 cm³/mol. The summed E-state index contributed by atoms with van der Waals surface area (Å²) in [5.74, 6) is -0.643. The van der Waals surface area contributed by atoms with Gasteiger partial charge in [0.2, 0.25) is 5.78 Å². The van der Waals surface area contributed by atoms with E-state index in [4.69, 9.17) is 14.2 Å². The maximum atomic E-state index is 12.0. The third-order valence-electron chi connectivity index (χ3n) is 3.62. The number of esters is 1. The lowest BCUT2D eigenvalue weighted by Gasteiger charge is -2.23. The molecule has 0 aromatic heterocycles. The summed E-state index contributed by atoms with van der Waals surface area (Å²) in [6.45, 7) is 1.74. The van der Waals surface area contributed by atoms with Gasteiger partial charge in [0.1, 0.15) is 12.2 Å². The van der Waals surface area contributed by atoms with Gasteiger partial charge >= 0.3 is 5.97 Å². The van der Waals surface area contributed by atoms with Gasteiger partial charge in [0.05, 0.1) is 12.7 Å². The molecule has 1 aromatic rings. The van der Waals surface area contributed by atoms with Gasteiger partial charge in [-0.3, -0.25) is 9.59 Å². The zero-order valence-corrected chi connectivity index (χ0v) is 11.2. The van der Waals surface area contributed by atoms with Crippen molar-refractivity contribution in [2.45, 2.75) is 44.4 Å². The molecule has 0 spiro atoms. The molecule has 3 rings (SSSR count). The summed E-state index contributed by atoms with van der Waals surface area (Å²) >= 11 is 0. The molecule has 2 fully saturated rings. The molecule has 0 radical (unpaired) electrons. The summed E-state index contributed by atoms with van der Waals surface area (Å²) in [4.78, 5) is 23.0. The first-order valence-electron chi connectivity index (χ1n) is 6.67. The lowest BCUT2D eigenvalue weighted by Crippen LogP contribution is -2.43. The minimum Gasteiger partial charge on any atom is -0.452 e. The average molecular weight is 276 g/mol. The van der Waals surface area contributed by atoms with Crippen molar-refractivity contribution < 1.29 is 23.8 Å². The number of carbonyl (C=O) groups excluding carboxylic acids is 2. The van der Waals surface area contributed by atoms with Crippen molar-refractivity contribution in [3.8, 4) is 0 Å². The number of ketones is 1. The van der Waals surface area contributed by atoms with E-state index in [0.717, 1.165) is 5.56 Å². The number of fused-ring (bicyclic) bond motifs is 2. The molecule has 0 unspecified atom stereocenters. The van der Waals surface area contributed by atoms with Gasteiger partial charge in [-0.05, 0) is 5.56 Å². The summed E-state index contributed by atoms with van der Waals surface area (Å²) in [5.41, 5.74) is 1.05. The van der Waals surface area contributed by atoms with Crippen LogP contribution in [0, 0.1) is 0 Å². The SMILES string of the molecule is CC(=O)O[C@@H]1C(=O)[C@@H]2O[C@H]1C[C@@H]2OCc1ccccc1. The van der Waals surface area contributed by atoms with Crippen LogP contribution in [0.1, 0.15) is 18.9 Å². The molecule has 20 heavy (non-hydrogen) atoms. The van der Waals surface area contributed by atoms with E-state index in [2.05, 4.69) is 0 Å². The second-order valence-corrected chi connectivity index (χ2v) is 5.10. The number of rotatable bonds is 4. The predicted octanol–water partition coefficient (Wildman–Crippen LogP) is 1.24. The van der Waals surface area contributed by atoms with Crippen LogP contribution in [0.15, 0.2) is 30.3 Å². The maximum absolute atomic E-state index is 12.0. The van der Waals surface area contributed by atoms with Gasteiger partial charge in [-0.15, -0.1) is 0 Å². The normalized spacial score (nSPS) is 31.6. The third-order valence-corrected chi connectivity index (χ3v) is 3.62. The Bertz CT molecular complexity index is 512. The second-order valence-electron chi connectivity index (χ2n) is 5.10. The highest BCUT2D eigenvalue weighted by molar-refractivity contribution is 5.93. The average Bonchev–Trinajstić information content (AvgIpc) is 2.97. The molecule has 1 aromatic carbocycles. The molecule has 4 atom stereocenters. The molecule has 2 aliphatic heterocycles. The first kappa shape index (κ1) is 13.3. The zero-order valence-electron chi connectivity index (χ0n) is 11.2. The van der Waals surface area contributed by atoms with E-state index in [1.54, 1.807) is 0 Å². The van der Waals surface area contributed by atoms with Crippen LogP contribution in [0.2, 0.25) is 0 Å². The van der Waals surface area contributed by atoms with Crippen molar-refractivity contribution in [2.75, 3.05) is 0 Å². The first-order valence-corrected chi connectivity index (χ1v) is 6.67. The molecule has 0 saturated carbocycles. The lowest BCUT2D eigenvalue weighted by atomic mass is 9.93.